The number of ether oxygens (including phenoxy) is 2. The van der Waals surface area contributed by atoms with Gasteiger partial charge >= 0.3 is 6.36 Å². The van der Waals surface area contributed by atoms with Crippen LogP contribution in [0.1, 0.15) is 43.7 Å². The summed E-state index contributed by atoms with van der Waals surface area (Å²) in [6, 6.07) is 19.1. The van der Waals surface area contributed by atoms with Crippen LogP contribution in [-0.4, -0.2) is 56.7 Å². The van der Waals surface area contributed by atoms with E-state index in [4.69, 9.17) is 17.0 Å². The van der Waals surface area contributed by atoms with Gasteiger partial charge in [0.15, 0.2) is 16.1 Å². The van der Waals surface area contributed by atoms with E-state index in [0.29, 0.717) is 39.8 Å². The SMILES string of the molecule is COc1ccc(C(C)C)c(N2C(=O)CSC2=NC(=S)NCCCCc2ccc(-c3ncn(-c4ccc(OC(F)(F)F)cc4)n3)cc2)c1. The molecule has 0 aliphatic carbocycles. The summed E-state index contributed by atoms with van der Waals surface area (Å²) >= 11 is 6.86. The number of amides is 1. The maximum atomic E-state index is 12.9. The molecule has 9 nitrogen and oxygen atoms in total. The number of amidine groups is 1. The molecule has 0 atom stereocenters. The number of hydrogen-bond acceptors (Lipinski definition) is 7. The average Bonchev–Trinajstić information content (AvgIpc) is 3.67. The van der Waals surface area contributed by atoms with Gasteiger partial charge in [-0.2, -0.15) is 4.99 Å². The Kier molecular flexibility index (Phi) is 10.8. The number of carbonyl (C=O) groups excluding carboxylic acids is 1. The minimum Gasteiger partial charge on any atom is -0.497 e. The van der Waals surface area contributed by atoms with Crippen molar-refractivity contribution >= 4 is 45.9 Å². The van der Waals surface area contributed by atoms with Gasteiger partial charge in [-0.15, -0.1) is 18.3 Å². The van der Waals surface area contributed by atoms with E-state index in [1.807, 2.05) is 42.5 Å². The second-order valence-corrected chi connectivity index (χ2v) is 12.3. The Hall–Kier alpha value is -4.43. The van der Waals surface area contributed by atoms with Gasteiger partial charge in [-0.1, -0.05) is 55.9 Å². The molecular weight excluding hydrogens is 650 g/mol. The Balaban J connectivity index is 1.10. The summed E-state index contributed by atoms with van der Waals surface area (Å²) in [6.07, 6.45) is -0.579. The van der Waals surface area contributed by atoms with Gasteiger partial charge in [0.25, 0.3) is 0 Å². The van der Waals surface area contributed by atoms with Crippen LogP contribution in [0.25, 0.3) is 17.1 Å². The highest BCUT2D eigenvalue weighted by Gasteiger charge is 2.33. The van der Waals surface area contributed by atoms with Gasteiger partial charge < -0.3 is 14.8 Å². The molecule has 0 bridgehead atoms. The predicted molar refractivity (Wildman–Crippen MR) is 181 cm³/mol. The highest BCUT2D eigenvalue weighted by molar-refractivity contribution is 8.15. The largest absolute Gasteiger partial charge is 0.573 e. The molecule has 1 saturated heterocycles. The zero-order valence-corrected chi connectivity index (χ0v) is 27.6. The number of benzene rings is 3. The van der Waals surface area contributed by atoms with Crippen LogP contribution < -0.4 is 19.7 Å². The Labute approximate surface area is 280 Å². The molecule has 0 radical (unpaired) electrons. The summed E-state index contributed by atoms with van der Waals surface area (Å²) in [6.45, 7) is 4.81. The number of aliphatic imine (C=N–C) groups is 1. The highest BCUT2D eigenvalue weighted by atomic mass is 32.2. The zero-order valence-electron chi connectivity index (χ0n) is 26.0. The first-order chi connectivity index (χ1) is 22.5. The van der Waals surface area contributed by atoms with Crippen molar-refractivity contribution in [3.63, 3.8) is 0 Å². The van der Waals surface area contributed by atoms with Crippen molar-refractivity contribution in [3.8, 4) is 28.6 Å². The molecule has 2 heterocycles. The molecule has 47 heavy (non-hydrogen) atoms. The van der Waals surface area contributed by atoms with Gasteiger partial charge in [-0.05, 0) is 78.9 Å². The van der Waals surface area contributed by atoms with E-state index >= 15 is 0 Å². The Morgan fingerprint density at radius 3 is 2.47 bits per heavy atom. The molecule has 1 aromatic heterocycles. The number of hydrogen-bond donors (Lipinski definition) is 1. The molecule has 3 aromatic carbocycles. The molecule has 1 aliphatic heterocycles. The minimum atomic E-state index is -4.74. The van der Waals surface area contributed by atoms with Gasteiger partial charge in [-0.25, -0.2) is 9.67 Å². The third-order valence-electron chi connectivity index (χ3n) is 7.27. The molecule has 1 amide bonds. The summed E-state index contributed by atoms with van der Waals surface area (Å²) in [4.78, 5) is 23.4. The maximum Gasteiger partial charge on any atom is 0.573 e. The lowest BCUT2D eigenvalue weighted by molar-refractivity contribution is -0.274. The van der Waals surface area contributed by atoms with E-state index in [-0.39, 0.29) is 17.6 Å². The van der Waals surface area contributed by atoms with Crippen LogP contribution in [0.2, 0.25) is 0 Å². The first kappa shape index (κ1) is 33.9. The van der Waals surface area contributed by atoms with Gasteiger partial charge in [0.2, 0.25) is 5.91 Å². The average molecular weight is 683 g/mol. The van der Waals surface area contributed by atoms with E-state index in [1.165, 1.54) is 47.0 Å². The fourth-order valence-corrected chi connectivity index (χ4v) is 6.04. The van der Waals surface area contributed by atoms with E-state index < -0.39 is 6.36 Å². The van der Waals surface area contributed by atoms with Crippen molar-refractivity contribution in [2.45, 2.75) is 45.4 Å². The van der Waals surface area contributed by atoms with Crippen LogP contribution >= 0.6 is 24.0 Å². The van der Waals surface area contributed by atoms with Crippen LogP contribution in [0.3, 0.4) is 0 Å². The van der Waals surface area contributed by atoms with Crippen molar-refractivity contribution in [3.05, 3.63) is 84.2 Å². The fraction of sp³-hybridized carbons (Fsp3) is 0.303. The molecule has 1 aliphatic rings. The molecule has 246 valence electrons. The third-order valence-corrected chi connectivity index (χ3v) is 8.43. The van der Waals surface area contributed by atoms with E-state index in [9.17, 15) is 18.0 Å². The first-order valence-electron chi connectivity index (χ1n) is 14.9. The molecule has 1 fully saturated rings. The summed E-state index contributed by atoms with van der Waals surface area (Å²) in [5, 5.41) is 8.53. The second kappa shape index (κ2) is 15.0. The summed E-state index contributed by atoms with van der Waals surface area (Å²) in [7, 11) is 1.60. The molecule has 0 spiro atoms. The van der Waals surface area contributed by atoms with E-state index in [1.54, 1.807) is 12.0 Å². The van der Waals surface area contributed by atoms with Crippen LogP contribution in [0.5, 0.6) is 11.5 Å². The molecular formula is C33H33F3N6O3S2. The summed E-state index contributed by atoms with van der Waals surface area (Å²) < 4.78 is 48.1. The number of carbonyl (C=O) groups is 1. The first-order valence-corrected chi connectivity index (χ1v) is 16.3. The summed E-state index contributed by atoms with van der Waals surface area (Å²) in [5.74, 6) is 1.32. The molecule has 0 saturated carbocycles. The number of halogens is 3. The number of aryl methyl sites for hydroxylation is 1. The topological polar surface area (TPSA) is 93.9 Å². The number of thioether (sulfide) groups is 1. The standard InChI is InChI=1S/C33H33F3N6O3S2/c1-21(2)27-16-15-26(44-3)18-28(27)42-29(43)19-47-32(42)39-31(46)37-17-5-4-6-22-7-9-23(10-8-22)30-38-20-41(40-30)24-11-13-25(14-12-24)45-33(34,35)36/h7-16,18,20-21H,4-6,17,19H2,1-3H3,(H,37,46). The highest BCUT2D eigenvalue weighted by Crippen LogP contribution is 2.36. The van der Waals surface area contributed by atoms with Crippen LogP contribution in [0, 0.1) is 0 Å². The number of nitrogens with zero attached hydrogens (tertiary/aromatic N) is 5. The molecule has 5 rings (SSSR count). The second-order valence-electron chi connectivity index (χ2n) is 10.9. The van der Waals surface area contributed by atoms with Crippen molar-refractivity contribution in [2.75, 3.05) is 24.3 Å². The number of alkyl halides is 3. The van der Waals surface area contributed by atoms with Crippen molar-refractivity contribution in [1.29, 1.82) is 0 Å². The van der Waals surface area contributed by atoms with Gasteiger partial charge in [0.1, 0.15) is 17.8 Å². The van der Waals surface area contributed by atoms with Crippen molar-refractivity contribution < 1.29 is 27.4 Å². The fourth-order valence-electron chi connectivity index (χ4n) is 4.93. The lowest BCUT2D eigenvalue weighted by Gasteiger charge is -2.22. The van der Waals surface area contributed by atoms with Crippen molar-refractivity contribution in [1.82, 2.24) is 20.1 Å². The number of unbranched alkanes of at least 4 members (excludes halogenated alkanes) is 1. The van der Waals surface area contributed by atoms with E-state index in [2.05, 4.69) is 39.0 Å². The Morgan fingerprint density at radius 2 is 1.79 bits per heavy atom. The van der Waals surface area contributed by atoms with Crippen molar-refractivity contribution in [2.24, 2.45) is 4.99 Å². The molecule has 4 aromatic rings. The number of methoxy groups -OCH3 is 1. The lowest BCUT2D eigenvalue weighted by Crippen LogP contribution is -2.32. The zero-order chi connectivity index (χ0) is 33.6. The normalized spacial score (nSPS) is 14.2. The predicted octanol–water partition coefficient (Wildman–Crippen LogP) is 7.30. The van der Waals surface area contributed by atoms with Crippen LogP contribution in [-0.2, 0) is 11.2 Å². The smallest absolute Gasteiger partial charge is 0.497 e. The maximum absolute atomic E-state index is 12.9. The van der Waals surface area contributed by atoms with Crippen LogP contribution in [0.4, 0.5) is 18.9 Å². The number of rotatable bonds is 11. The van der Waals surface area contributed by atoms with Gasteiger partial charge in [0, 0.05) is 18.2 Å². The minimum absolute atomic E-state index is 0.0463. The van der Waals surface area contributed by atoms with E-state index in [0.717, 1.165) is 41.6 Å². The van der Waals surface area contributed by atoms with Crippen LogP contribution in [0.15, 0.2) is 78.0 Å². The number of anilines is 1. The van der Waals surface area contributed by atoms with Gasteiger partial charge in [0.05, 0.1) is 24.2 Å². The number of thiocarbonyl (C=S) groups is 1. The quantitative estimate of drug-likeness (QED) is 0.130. The molecule has 0 unspecified atom stereocenters. The number of aromatic nitrogens is 3. The Bertz CT molecular complexity index is 1740. The number of nitrogens with one attached hydrogen (secondary N) is 1. The lowest BCUT2D eigenvalue weighted by atomic mass is 10.00. The monoisotopic (exact) mass is 682 g/mol. The third kappa shape index (κ3) is 8.89. The molecule has 14 heteroatoms. The Morgan fingerprint density at radius 1 is 1.06 bits per heavy atom. The summed E-state index contributed by atoms with van der Waals surface area (Å²) in [5.41, 5.74) is 4.33. The molecule has 1 N–H and O–H groups in total. The van der Waals surface area contributed by atoms with Gasteiger partial charge in [-0.3, -0.25) is 9.69 Å².